The Hall–Kier alpha value is -1.88. The van der Waals surface area contributed by atoms with Gasteiger partial charge in [-0.15, -0.1) is 24.0 Å². The van der Waals surface area contributed by atoms with Gasteiger partial charge in [0.25, 0.3) is 0 Å². The average molecular weight is 527 g/mol. The summed E-state index contributed by atoms with van der Waals surface area (Å²) in [6, 6.07) is 6.14. The highest BCUT2D eigenvalue weighted by Crippen LogP contribution is 2.18. The molecule has 0 radical (unpaired) electrons. The molecule has 0 saturated carbocycles. The molecule has 0 bridgehead atoms. The Morgan fingerprint density at radius 1 is 1.23 bits per heavy atom. The average Bonchev–Trinajstić information content (AvgIpc) is 3.22. The lowest BCUT2D eigenvalue weighted by atomic mass is 10.2. The van der Waals surface area contributed by atoms with Gasteiger partial charge in [0.2, 0.25) is 0 Å². The highest BCUT2D eigenvalue weighted by molar-refractivity contribution is 14.0. The smallest absolute Gasteiger partial charge is 0.191 e. The molecule has 0 spiro atoms. The van der Waals surface area contributed by atoms with Gasteiger partial charge in [0.15, 0.2) is 5.96 Å². The SMILES string of the molecule is CCNC(=NCc1ccc(N2CC(C)OC(C)C2)nc1)NCCCn1cccn1.I. The molecule has 0 aliphatic carbocycles. The molecule has 3 rings (SSSR count). The van der Waals surface area contributed by atoms with Gasteiger partial charge in [0.1, 0.15) is 5.82 Å². The number of guanidine groups is 1. The summed E-state index contributed by atoms with van der Waals surface area (Å²) in [5, 5.41) is 10.9. The zero-order chi connectivity index (χ0) is 20.5. The molecule has 2 N–H and O–H groups in total. The maximum Gasteiger partial charge on any atom is 0.191 e. The maximum absolute atomic E-state index is 5.80. The molecule has 1 fully saturated rings. The standard InChI is InChI=1S/C21H33N7O.HI/c1-4-22-21(23-9-5-11-28-12-6-10-26-28)25-14-19-7-8-20(24-13-19)27-15-17(2)29-18(3)16-27;/h6-8,10,12-13,17-18H,4-5,9,11,14-16H2,1-3H3,(H2,22,23,25);1H. The van der Waals surface area contributed by atoms with Crippen LogP contribution in [-0.4, -0.2) is 59.1 Å². The Balaban J connectivity index is 0.00000320. The van der Waals surface area contributed by atoms with Crippen molar-refractivity contribution < 1.29 is 4.74 Å². The van der Waals surface area contributed by atoms with Gasteiger partial charge >= 0.3 is 0 Å². The van der Waals surface area contributed by atoms with Crippen molar-refractivity contribution >= 4 is 35.8 Å². The fourth-order valence-electron chi connectivity index (χ4n) is 3.45. The number of halogens is 1. The number of rotatable bonds is 8. The van der Waals surface area contributed by atoms with Crippen molar-refractivity contribution in [3.05, 3.63) is 42.4 Å². The van der Waals surface area contributed by atoms with Crippen LogP contribution in [-0.2, 0) is 17.8 Å². The number of aryl methyl sites for hydroxylation is 1. The molecule has 3 heterocycles. The van der Waals surface area contributed by atoms with E-state index in [1.54, 1.807) is 6.20 Å². The first-order valence-electron chi connectivity index (χ1n) is 10.5. The van der Waals surface area contributed by atoms with Crippen LogP contribution in [0.2, 0.25) is 0 Å². The lowest BCUT2D eigenvalue weighted by Crippen LogP contribution is -2.45. The molecular formula is C21H34IN7O. The minimum atomic E-state index is 0. The van der Waals surface area contributed by atoms with Gasteiger partial charge < -0.3 is 20.3 Å². The summed E-state index contributed by atoms with van der Waals surface area (Å²) in [5.74, 6) is 1.83. The molecule has 2 atom stereocenters. The number of pyridine rings is 1. The highest BCUT2D eigenvalue weighted by atomic mass is 127. The zero-order valence-electron chi connectivity index (χ0n) is 18.1. The minimum absolute atomic E-state index is 0. The predicted molar refractivity (Wildman–Crippen MR) is 132 cm³/mol. The van der Waals surface area contributed by atoms with Crippen LogP contribution < -0.4 is 15.5 Å². The van der Waals surface area contributed by atoms with Gasteiger partial charge in [0, 0.05) is 51.3 Å². The van der Waals surface area contributed by atoms with Crippen molar-refractivity contribution in [2.24, 2.45) is 4.99 Å². The lowest BCUT2D eigenvalue weighted by Gasteiger charge is -2.36. The van der Waals surface area contributed by atoms with Crippen molar-refractivity contribution in [1.82, 2.24) is 25.4 Å². The molecule has 30 heavy (non-hydrogen) atoms. The van der Waals surface area contributed by atoms with E-state index in [2.05, 4.69) is 63.5 Å². The lowest BCUT2D eigenvalue weighted by molar-refractivity contribution is -0.00545. The summed E-state index contributed by atoms with van der Waals surface area (Å²) in [5.41, 5.74) is 1.09. The van der Waals surface area contributed by atoms with Crippen LogP contribution in [0.3, 0.4) is 0 Å². The summed E-state index contributed by atoms with van der Waals surface area (Å²) < 4.78 is 7.74. The van der Waals surface area contributed by atoms with E-state index in [-0.39, 0.29) is 36.2 Å². The number of aromatic nitrogens is 3. The van der Waals surface area contributed by atoms with E-state index in [0.29, 0.717) is 6.54 Å². The van der Waals surface area contributed by atoms with Crippen LogP contribution in [0.1, 0.15) is 32.8 Å². The van der Waals surface area contributed by atoms with Crippen molar-refractivity contribution in [2.75, 3.05) is 31.1 Å². The van der Waals surface area contributed by atoms with Crippen LogP contribution in [0.25, 0.3) is 0 Å². The van der Waals surface area contributed by atoms with Crippen molar-refractivity contribution in [1.29, 1.82) is 0 Å². The molecule has 9 heteroatoms. The molecule has 2 aromatic heterocycles. The first-order valence-corrected chi connectivity index (χ1v) is 10.5. The van der Waals surface area contributed by atoms with Crippen LogP contribution in [0.5, 0.6) is 0 Å². The van der Waals surface area contributed by atoms with E-state index in [4.69, 9.17) is 4.74 Å². The van der Waals surface area contributed by atoms with E-state index < -0.39 is 0 Å². The van der Waals surface area contributed by atoms with Gasteiger partial charge in [-0.3, -0.25) is 4.68 Å². The number of hydrogen-bond acceptors (Lipinski definition) is 5. The summed E-state index contributed by atoms with van der Waals surface area (Å²) in [6.07, 6.45) is 7.15. The Labute approximate surface area is 196 Å². The van der Waals surface area contributed by atoms with E-state index in [1.165, 1.54) is 0 Å². The third-order valence-electron chi connectivity index (χ3n) is 4.73. The Bertz CT molecular complexity index is 741. The van der Waals surface area contributed by atoms with E-state index in [0.717, 1.165) is 56.5 Å². The van der Waals surface area contributed by atoms with Gasteiger partial charge in [-0.1, -0.05) is 6.07 Å². The molecule has 166 valence electrons. The molecule has 0 aromatic carbocycles. The number of nitrogens with one attached hydrogen (secondary N) is 2. The van der Waals surface area contributed by atoms with E-state index in [1.807, 2.05) is 23.1 Å². The van der Waals surface area contributed by atoms with Crippen LogP contribution in [0.4, 0.5) is 5.82 Å². The fraction of sp³-hybridized carbons (Fsp3) is 0.571. The summed E-state index contributed by atoms with van der Waals surface area (Å²) >= 11 is 0. The van der Waals surface area contributed by atoms with Crippen molar-refractivity contribution in [3.8, 4) is 0 Å². The number of anilines is 1. The van der Waals surface area contributed by atoms with Gasteiger partial charge in [-0.05, 0) is 44.9 Å². The summed E-state index contributed by atoms with van der Waals surface area (Å²) in [7, 11) is 0. The van der Waals surface area contributed by atoms with E-state index >= 15 is 0 Å². The summed E-state index contributed by atoms with van der Waals surface area (Å²) in [4.78, 5) is 11.6. The van der Waals surface area contributed by atoms with Crippen LogP contribution >= 0.6 is 24.0 Å². The third-order valence-corrected chi connectivity index (χ3v) is 4.73. The maximum atomic E-state index is 5.80. The Kier molecular flexibility index (Phi) is 10.4. The predicted octanol–water partition coefficient (Wildman–Crippen LogP) is 2.66. The van der Waals surface area contributed by atoms with Crippen LogP contribution in [0, 0.1) is 0 Å². The first-order chi connectivity index (χ1) is 14.1. The monoisotopic (exact) mass is 527 g/mol. The molecule has 2 unspecified atom stereocenters. The number of hydrogen-bond donors (Lipinski definition) is 2. The quantitative estimate of drug-likeness (QED) is 0.238. The minimum Gasteiger partial charge on any atom is -0.372 e. The van der Waals surface area contributed by atoms with Gasteiger partial charge in [0.05, 0.1) is 18.8 Å². The van der Waals surface area contributed by atoms with E-state index in [9.17, 15) is 0 Å². The zero-order valence-corrected chi connectivity index (χ0v) is 20.5. The first kappa shape index (κ1) is 24.4. The third kappa shape index (κ3) is 7.75. The number of aliphatic imine (C=N–C) groups is 1. The van der Waals surface area contributed by atoms with Crippen molar-refractivity contribution in [3.63, 3.8) is 0 Å². The Morgan fingerprint density at radius 2 is 2.03 bits per heavy atom. The van der Waals surface area contributed by atoms with Crippen molar-refractivity contribution in [2.45, 2.75) is 52.5 Å². The normalized spacial score (nSPS) is 19.3. The molecular weight excluding hydrogens is 493 g/mol. The largest absolute Gasteiger partial charge is 0.372 e. The second-order valence-corrected chi connectivity index (χ2v) is 7.43. The molecule has 1 aliphatic rings. The summed E-state index contributed by atoms with van der Waals surface area (Å²) in [6.45, 7) is 11.2. The molecule has 1 aliphatic heterocycles. The molecule has 0 amide bonds. The molecule has 8 nitrogen and oxygen atoms in total. The number of ether oxygens (including phenoxy) is 1. The number of nitrogens with zero attached hydrogens (tertiary/aromatic N) is 5. The number of morpholine rings is 1. The molecule has 2 aromatic rings. The second-order valence-electron chi connectivity index (χ2n) is 7.43. The highest BCUT2D eigenvalue weighted by Gasteiger charge is 2.22. The van der Waals surface area contributed by atoms with Gasteiger partial charge in [-0.25, -0.2) is 9.98 Å². The fourth-order valence-corrected chi connectivity index (χ4v) is 3.45. The Morgan fingerprint density at radius 3 is 2.67 bits per heavy atom. The second kappa shape index (κ2) is 12.7. The topological polar surface area (TPSA) is 79.6 Å². The van der Waals surface area contributed by atoms with Crippen LogP contribution in [0.15, 0.2) is 41.8 Å². The molecule has 1 saturated heterocycles. The van der Waals surface area contributed by atoms with Gasteiger partial charge in [-0.2, -0.15) is 5.10 Å².